The minimum Gasteiger partial charge on any atom is -0.456 e. The van der Waals surface area contributed by atoms with Crippen LogP contribution in [0.3, 0.4) is 0 Å². The summed E-state index contributed by atoms with van der Waals surface area (Å²) in [4.78, 5) is 35.8. The number of Topliss-reactive ketones (excluding diaryl/α,β-unsaturated/α-hetero) is 1. The number of nitrogens with one attached hydrogen (secondary N) is 1. The van der Waals surface area contributed by atoms with Gasteiger partial charge in [-0.25, -0.2) is 0 Å². The van der Waals surface area contributed by atoms with Gasteiger partial charge in [0.1, 0.15) is 0 Å². The van der Waals surface area contributed by atoms with Crippen molar-refractivity contribution in [3.8, 4) is 0 Å². The number of carbonyl (C=O) groups excluding carboxylic acids is 3. The van der Waals surface area contributed by atoms with Gasteiger partial charge in [-0.3, -0.25) is 14.4 Å². The molecule has 1 aromatic carbocycles. The predicted octanol–water partition coefficient (Wildman–Crippen LogP) is 3.85. The van der Waals surface area contributed by atoms with Crippen LogP contribution in [0, 0.1) is 6.92 Å². The van der Waals surface area contributed by atoms with E-state index in [4.69, 9.17) is 16.3 Å². The van der Waals surface area contributed by atoms with Crippen LogP contribution in [0.25, 0.3) is 0 Å². The summed E-state index contributed by atoms with van der Waals surface area (Å²) >= 11 is 7.17. The van der Waals surface area contributed by atoms with Crippen LogP contribution in [0.1, 0.15) is 28.1 Å². The van der Waals surface area contributed by atoms with Crippen molar-refractivity contribution in [1.29, 1.82) is 0 Å². The number of carbonyl (C=O) groups is 3. The lowest BCUT2D eigenvalue weighted by Gasteiger charge is -2.09. The van der Waals surface area contributed by atoms with Crippen molar-refractivity contribution in [1.82, 2.24) is 0 Å². The normalized spacial score (nSPS) is 10.2. The number of thiophene rings is 1. The Morgan fingerprint density at radius 3 is 2.67 bits per heavy atom. The number of rotatable bonds is 7. The number of hydrogen-bond acceptors (Lipinski definition) is 5. The molecule has 0 aliphatic rings. The van der Waals surface area contributed by atoms with Gasteiger partial charge in [-0.05, 0) is 42.1 Å². The third-order valence-corrected chi connectivity index (χ3v) is 4.32. The number of benzene rings is 1. The maximum Gasteiger partial charge on any atom is 0.306 e. The van der Waals surface area contributed by atoms with E-state index in [1.165, 1.54) is 11.3 Å². The van der Waals surface area contributed by atoms with Gasteiger partial charge in [0, 0.05) is 17.1 Å². The Morgan fingerprint density at radius 2 is 2.00 bits per heavy atom. The molecule has 0 saturated heterocycles. The maximum absolute atomic E-state index is 11.8. The zero-order valence-corrected chi connectivity index (χ0v) is 14.6. The van der Waals surface area contributed by atoms with E-state index in [1.54, 1.807) is 35.7 Å². The van der Waals surface area contributed by atoms with Gasteiger partial charge in [0.05, 0.1) is 11.3 Å². The van der Waals surface area contributed by atoms with Gasteiger partial charge < -0.3 is 10.1 Å². The minimum atomic E-state index is -0.581. The molecule has 0 aliphatic carbocycles. The van der Waals surface area contributed by atoms with Crippen molar-refractivity contribution in [3.63, 3.8) is 0 Å². The van der Waals surface area contributed by atoms with Crippen molar-refractivity contribution in [3.05, 3.63) is 51.2 Å². The highest BCUT2D eigenvalue weighted by molar-refractivity contribution is 7.12. The average Bonchev–Trinajstić information content (AvgIpc) is 3.08. The zero-order chi connectivity index (χ0) is 17.5. The molecule has 7 heteroatoms. The number of anilines is 1. The van der Waals surface area contributed by atoms with Gasteiger partial charge in [0.15, 0.2) is 12.4 Å². The van der Waals surface area contributed by atoms with Crippen molar-refractivity contribution in [2.45, 2.75) is 19.8 Å². The van der Waals surface area contributed by atoms with Crippen LogP contribution in [0.2, 0.25) is 5.02 Å². The van der Waals surface area contributed by atoms with E-state index in [9.17, 15) is 14.4 Å². The summed E-state index contributed by atoms with van der Waals surface area (Å²) < 4.78 is 4.88. The molecule has 0 aliphatic heterocycles. The standard InChI is InChI=1S/C17H16ClNO4S/c1-11-9-12(18)4-5-13(11)19-16(21)10-23-17(22)7-6-14(20)15-3-2-8-24-15/h2-5,8-9H,6-7,10H2,1H3,(H,19,21). The van der Waals surface area contributed by atoms with E-state index in [0.717, 1.165) is 5.56 Å². The Labute approximate surface area is 148 Å². The second kappa shape index (κ2) is 8.61. The van der Waals surface area contributed by atoms with Crippen LogP contribution in [0.4, 0.5) is 5.69 Å². The molecule has 1 heterocycles. The van der Waals surface area contributed by atoms with Gasteiger partial charge in [0.25, 0.3) is 5.91 Å². The topological polar surface area (TPSA) is 72.5 Å². The Kier molecular flexibility index (Phi) is 6.52. The van der Waals surface area contributed by atoms with Crippen LogP contribution in [-0.2, 0) is 14.3 Å². The Bertz CT molecular complexity index is 743. The Hall–Kier alpha value is -2.18. The minimum absolute atomic E-state index is 0.0516. The fourth-order valence-electron chi connectivity index (χ4n) is 1.95. The van der Waals surface area contributed by atoms with Gasteiger partial charge in [-0.1, -0.05) is 17.7 Å². The number of ether oxygens (including phenoxy) is 1. The summed E-state index contributed by atoms with van der Waals surface area (Å²) in [6, 6.07) is 8.54. The number of amides is 1. The monoisotopic (exact) mass is 365 g/mol. The smallest absolute Gasteiger partial charge is 0.306 e. The summed E-state index contributed by atoms with van der Waals surface area (Å²) in [7, 11) is 0. The maximum atomic E-state index is 11.8. The Balaban J connectivity index is 1.73. The van der Waals surface area contributed by atoms with Gasteiger partial charge in [-0.2, -0.15) is 0 Å². The molecule has 0 bridgehead atoms. The highest BCUT2D eigenvalue weighted by Crippen LogP contribution is 2.19. The van der Waals surface area contributed by atoms with Crippen molar-refractivity contribution in [2.24, 2.45) is 0 Å². The SMILES string of the molecule is Cc1cc(Cl)ccc1NC(=O)COC(=O)CCC(=O)c1cccs1. The van der Waals surface area contributed by atoms with Crippen molar-refractivity contribution < 1.29 is 19.1 Å². The number of esters is 1. The molecule has 24 heavy (non-hydrogen) atoms. The van der Waals surface area contributed by atoms with E-state index in [0.29, 0.717) is 15.6 Å². The number of aryl methyl sites for hydroxylation is 1. The third kappa shape index (κ3) is 5.47. The van der Waals surface area contributed by atoms with Crippen LogP contribution in [0.15, 0.2) is 35.7 Å². The zero-order valence-electron chi connectivity index (χ0n) is 13.0. The molecule has 1 aromatic heterocycles. The first-order valence-electron chi connectivity index (χ1n) is 7.24. The van der Waals surface area contributed by atoms with Crippen LogP contribution in [0.5, 0.6) is 0 Å². The van der Waals surface area contributed by atoms with Crippen LogP contribution >= 0.6 is 22.9 Å². The van der Waals surface area contributed by atoms with Gasteiger partial charge in [-0.15, -0.1) is 11.3 Å². The summed E-state index contributed by atoms with van der Waals surface area (Å²) in [5, 5.41) is 5.02. The van der Waals surface area contributed by atoms with Crippen molar-refractivity contribution >= 4 is 46.3 Å². The number of hydrogen-bond donors (Lipinski definition) is 1. The van der Waals surface area contributed by atoms with E-state index >= 15 is 0 Å². The predicted molar refractivity (Wildman–Crippen MR) is 93.7 cm³/mol. The van der Waals surface area contributed by atoms with Crippen LogP contribution < -0.4 is 5.32 Å². The molecule has 126 valence electrons. The third-order valence-electron chi connectivity index (χ3n) is 3.18. The molecule has 2 aromatic rings. The van der Waals surface area contributed by atoms with E-state index in [1.807, 2.05) is 6.92 Å². The molecule has 1 amide bonds. The molecular formula is C17H16ClNO4S. The molecule has 0 atom stereocenters. The summed E-state index contributed by atoms with van der Waals surface area (Å²) in [5.74, 6) is -1.13. The molecule has 5 nitrogen and oxygen atoms in total. The summed E-state index contributed by atoms with van der Waals surface area (Å²) in [6.45, 7) is 1.41. The Morgan fingerprint density at radius 1 is 1.21 bits per heavy atom. The molecule has 0 spiro atoms. The van der Waals surface area contributed by atoms with E-state index in [2.05, 4.69) is 5.32 Å². The largest absolute Gasteiger partial charge is 0.456 e. The molecule has 0 fully saturated rings. The first-order chi connectivity index (χ1) is 11.5. The molecular weight excluding hydrogens is 350 g/mol. The number of ketones is 1. The molecule has 2 rings (SSSR count). The molecule has 1 N–H and O–H groups in total. The fraction of sp³-hybridized carbons (Fsp3) is 0.235. The average molecular weight is 366 g/mol. The van der Waals surface area contributed by atoms with E-state index in [-0.39, 0.29) is 18.6 Å². The summed E-state index contributed by atoms with van der Waals surface area (Å²) in [5.41, 5.74) is 1.41. The second-order valence-corrected chi connectivity index (χ2v) is 6.45. The molecule has 0 saturated carbocycles. The first-order valence-corrected chi connectivity index (χ1v) is 8.50. The lowest BCUT2D eigenvalue weighted by atomic mass is 10.2. The number of halogens is 1. The van der Waals surface area contributed by atoms with E-state index < -0.39 is 18.5 Å². The van der Waals surface area contributed by atoms with Crippen LogP contribution in [-0.4, -0.2) is 24.3 Å². The summed E-state index contributed by atoms with van der Waals surface area (Å²) in [6.07, 6.45) is 0.0151. The molecule has 0 radical (unpaired) electrons. The second-order valence-electron chi connectivity index (χ2n) is 5.07. The quantitative estimate of drug-likeness (QED) is 0.597. The fourth-order valence-corrected chi connectivity index (χ4v) is 2.87. The lowest BCUT2D eigenvalue weighted by molar-refractivity contribution is -0.147. The first kappa shape index (κ1) is 18.2. The van der Waals surface area contributed by atoms with Gasteiger partial charge in [0.2, 0.25) is 0 Å². The highest BCUT2D eigenvalue weighted by Gasteiger charge is 2.13. The van der Waals surface area contributed by atoms with Gasteiger partial charge >= 0.3 is 5.97 Å². The van der Waals surface area contributed by atoms with Crippen molar-refractivity contribution in [2.75, 3.05) is 11.9 Å². The lowest BCUT2D eigenvalue weighted by Crippen LogP contribution is -2.21. The molecule has 0 unspecified atom stereocenters. The highest BCUT2D eigenvalue weighted by atomic mass is 35.5.